The van der Waals surface area contributed by atoms with Gasteiger partial charge in [-0.1, -0.05) is 56.5 Å². The molecule has 28 heavy (non-hydrogen) atoms. The summed E-state index contributed by atoms with van der Waals surface area (Å²) >= 11 is 0. The van der Waals surface area contributed by atoms with Crippen LogP contribution in [-0.4, -0.2) is 38.3 Å². The molecule has 0 radical (unpaired) electrons. The number of nitrogens with zero attached hydrogens (tertiary/aromatic N) is 3. The van der Waals surface area contributed by atoms with Gasteiger partial charge in [-0.15, -0.1) is 0 Å². The highest BCUT2D eigenvalue weighted by Crippen LogP contribution is 2.47. The summed E-state index contributed by atoms with van der Waals surface area (Å²) in [5, 5.41) is 16.2. The van der Waals surface area contributed by atoms with Crippen molar-refractivity contribution >= 4 is 5.91 Å². The lowest BCUT2D eigenvalue weighted by molar-refractivity contribution is -0.110. The molecular formula is C23H31N3O2. The lowest BCUT2D eigenvalue weighted by Gasteiger charge is -2.52. The molecule has 2 aliphatic rings. The fourth-order valence-corrected chi connectivity index (χ4v) is 5.27. The second-order valence-electron chi connectivity index (χ2n) is 8.39. The molecule has 5 nitrogen and oxygen atoms in total. The Balaban J connectivity index is 1.63. The topological polar surface area (TPSA) is 58.4 Å². The molecule has 0 bridgehead atoms. The van der Waals surface area contributed by atoms with Crippen LogP contribution in [0, 0.1) is 5.92 Å². The zero-order chi connectivity index (χ0) is 19.7. The Hall–Kier alpha value is -2.14. The van der Waals surface area contributed by atoms with Crippen LogP contribution in [0.25, 0.3) is 0 Å². The number of amides is 1. The number of likely N-dealkylation sites (tertiary alicyclic amines) is 1. The summed E-state index contributed by atoms with van der Waals surface area (Å²) < 4.78 is 1.73. The van der Waals surface area contributed by atoms with Crippen molar-refractivity contribution in [3.8, 4) is 0 Å². The maximum absolute atomic E-state index is 13.4. The molecule has 0 spiro atoms. The first-order chi connectivity index (χ1) is 13.5. The third kappa shape index (κ3) is 3.26. The van der Waals surface area contributed by atoms with E-state index in [4.69, 9.17) is 0 Å². The fraction of sp³-hybridized carbons (Fsp3) is 0.565. The molecule has 0 unspecified atom stereocenters. The van der Waals surface area contributed by atoms with E-state index in [1.165, 1.54) is 0 Å². The van der Waals surface area contributed by atoms with Crippen LogP contribution in [0.3, 0.4) is 0 Å². The highest BCUT2D eigenvalue weighted by atomic mass is 16.3. The molecular weight excluding hydrogens is 350 g/mol. The van der Waals surface area contributed by atoms with Crippen molar-refractivity contribution in [3.05, 3.63) is 53.3 Å². The average Bonchev–Trinajstić information content (AvgIpc) is 3.09. The summed E-state index contributed by atoms with van der Waals surface area (Å²) in [7, 11) is 1.86. The first-order valence-electron chi connectivity index (χ1n) is 10.7. The van der Waals surface area contributed by atoms with Crippen molar-refractivity contribution in [2.45, 2.75) is 63.5 Å². The van der Waals surface area contributed by atoms with Crippen LogP contribution in [0.5, 0.6) is 0 Å². The van der Waals surface area contributed by atoms with Gasteiger partial charge >= 0.3 is 0 Å². The number of piperidine rings is 1. The van der Waals surface area contributed by atoms with Gasteiger partial charge in [0.25, 0.3) is 5.91 Å². The second kappa shape index (κ2) is 7.70. The first kappa shape index (κ1) is 19.2. The second-order valence-corrected chi connectivity index (χ2v) is 8.39. The zero-order valence-electron chi connectivity index (χ0n) is 17.0. The van der Waals surface area contributed by atoms with Gasteiger partial charge in [-0.05, 0) is 37.3 Å². The van der Waals surface area contributed by atoms with E-state index < -0.39 is 5.60 Å². The number of rotatable bonds is 4. The SMILES string of the molecule is CCCc1cc(C(=O)N2CC[C@@](O)(c3ccccc3)[C@@H]3CCCC[C@H]32)n(C)n1. The lowest BCUT2D eigenvalue weighted by atomic mass is 9.66. The van der Waals surface area contributed by atoms with Gasteiger partial charge in [0, 0.05) is 25.6 Å². The Kier molecular flexibility index (Phi) is 5.28. The van der Waals surface area contributed by atoms with Gasteiger partial charge in [-0.3, -0.25) is 9.48 Å². The summed E-state index contributed by atoms with van der Waals surface area (Å²) in [6.45, 7) is 2.71. The summed E-state index contributed by atoms with van der Waals surface area (Å²) in [5.41, 5.74) is 1.79. The fourth-order valence-electron chi connectivity index (χ4n) is 5.27. The predicted molar refractivity (Wildman–Crippen MR) is 109 cm³/mol. The number of aromatic nitrogens is 2. The van der Waals surface area contributed by atoms with Crippen molar-refractivity contribution in [1.82, 2.24) is 14.7 Å². The molecule has 5 heteroatoms. The van der Waals surface area contributed by atoms with E-state index in [1.807, 2.05) is 48.3 Å². The van der Waals surface area contributed by atoms with Crippen molar-refractivity contribution < 1.29 is 9.90 Å². The monoisotopic (exact) mass is 381 g/mol. The number of aryl methyl sites for hydroxylation is 2. The number of carbonyl (C=O) groups excluding carboxylic acids is 1. The number of hydrogen-bond donors (Lipinski definition) is 1. The van der Waals surface area contributed by atoms with E-state index in [0.717, 1.165) is 49.8 Å². The molecule has 1 aromatic heterocycles. The number of carbonyl (C=O) groups is 1. The molecule has 1 saturated heterocycles. The van der Waals surface area contributed by atoms with E-state index in [1.54, 1.807) is 4.68 Å². The van der Waals surface area contributed by atoms with Crippen LogP contribution in [0.4, 0.5) is 0 Å². The van der Waals surface area contributed by atoms with E-state index in [-0.39, 0.29) is 17.9 Å². The first-order valence-corrected chi connectivity index (χ1v) is 10.7. The molecule has 2 heterocycles. The van der Waals surface area contributed by atoms with Crippen LogP contribution < -0.4 is 0 Å². The lowest BCUT2D eigenvalue weighted by Crippen LogP contribution is -2.59. The normalized spacial score (nSPS) is 27.5. The summed E-state index contributed by atoms with van der Waals surface area (Å²) in [4.78, 5) is 15.4. The molecule has 1 amide bonds. The highest BCUT2D eigenvalue weighted by molar-refractivity contribution is 5.93. The Morgan fingerprint density at radius 1 is 1.25 bits per heavy atom. The number of benzene rings is 1. The Bertz CT molecular complexity index is 832. The van der Waals surface area contributed by atoms with Gasteiger partial charge in [-0.25, -0.2) is 0 Å². The number of hydrogen-bond acceptors (Lipinski definition) is 3. The van der Waals surface area contributed by atoms with Gasteiger partial charge < -0.3 is 10.0 Å². The molecule has 1 aliphatic carbocycles. The van der Waals surface area contributed by atoms with Crippen molar-refractivity contribution in [3.63, 3.8) is 0 Å². The molecule has 1 saturated carbocycles. The zero-order valence-corrected chi connectivity index (χ0v) is 17.0. The molecule has 1 aliphatic heterocycles. The minimum Gasteiger partial charge on any atom is -0.385 e. The van der Waals surface area contributed by atoms with E-state index in [2.05, 4.69) is 12.0 Å². The third-order valence-electron chi connectivity index (χ3n) is 6.67. The Morgan fingerprint density at radius 3 is 2.75 bits per heavy atom. The number of fused-ring (bicyclic) bond motifs is 1. The standard InChI is InChI=1S/C23H31N3O2/c1-3-9-18-16-21(25(2)24-18)22(27)26-15-14-23(28,17-10-5-4-6-11-17)19-12-7-8-13-20(19)26/h4-6,10-11,16,19-20,28H,3,7-9,12-15H2,1-2H3/t19-,20-,23-/m1/s1. The highest BCUT2D eigenvalue weighted by Gasteiger charge is 2.50. The average molecular weight is 382 g/mol. The summed E-state index contributed by atoms with van der Waals surface area (Å²) in [6.07, 6.45) is 6.65. The van der Waals surface area contributed by atoms with E-state index in [0.29, 0.717) is 18.7 Å². The van der Waals surface area contributed by atoms with E-state index in [9.17, 15) is 9.90 Å². The third-order valence-corrected chi connectivity index (χ3v) is 6.67. The molecule has 1 aromatic carbocycles. The molecule has 1 N–H and O–H groups in total. The van der Waals surface area contributed by atoms with Gasteiger partial charge in [0.05, 0.1) is 11.3 Å². The maximum atomic E-state index is 13.4. The molecule has 2 aromatic rings. The molecule has 150 valence electrons. The smallest absolute Gasteiger partial charge is 0.272 e. The van der Waals surface area contributed by atoms with Crippen molar-refractivity contribution in [1.29, 1.82) is 0 Å². The quantitative estimate of drug-likeness (QED) is 0.879. The maximum Gasteiger partial charge on any atom is 0.272 e. The van der Waals surface area contributed by atoms with Crippen LogP contribution in [-0.2, 0) is 19.1 Å². The van der Waals surface area contributed by atoms with Crippen LogP contribution >= 0.6 is 0 Å². The Morgan fingerprint density at radius 2 is 2.00 bits per heavy atom. The summed E-state index contributed by atoms with van der Waals surface area (Å²) in [5.74, 6) is 0.147. The largest absolute Gasteiger partial charge is 0.385 e. The van der Waals surface area contributed by atoms with Gasteiger partial charge in [-0.2, -0.15) is 5.10 Å². The molecule has 3 atom stereocenters. The molecule has 2 fully saturated rings. The van der Waals surface area contributed by atoms with Crippen LogP contribution in [0.15, 0.2) is 36.4 Å². The van der Waals surface area contributed by atoms with Crippen molar-refractivity contribution in [2.75, 3.05) is 6.54 Å². The summed E-state index contributed by atoms with van der Waals surface area (Å²) in [6, 6.07) is 12.1. The van der Waals surface area contributed by atoms with Gasteiger partial charge in [0.1, 0.15) is 5.69 Å². The molecule has 4 rings (SSSR count). The minimum atomic E-state index is -0.844. The predicted octanol–water partition coefficient (Wildman–Crippen LogP) is 3.67. The van der Waals surface area contributed by atoms with Crippen LogP contribution in [0.2, 0.25) is 0 Å². The van der Waals surface area contributed by atoms with Gasteiger partial charge in [0.2, 0.25) is 0 Å². The van der Waals surface area contributed by atoms with Crippen molar-refractivity contribution in [2.24, 2.45) is 13.0 Å². The Labute approximate surface area is 167 Å². The van der Waals surface area contributed by atoms with Gasteiger partial charge in [0.15, 0.2) is 0 Å². The number of aliphatic hydroxyl groups is 1. The van der Waals surface area contributed by atoms with Crippen LogP contribution in [0.1, 0.15) is 67.2 Å². The van der Waals surface area contributed by atoms with E-state index >= 15 is 0 Å². The minimum absolute atomic E-state index is 0.0596.